The largest absolute Gasteiger partial charge is 0.498 e. The molecule has 0 spiro atoms. The van der Waals surface area contributed by atoms with Gasteiger partial charge in [-0.2, -0.15) is 0 Å². The van der Waals surface area contributed by atoms with E-state index in [1.54, 1.807) is 12.1 Å². The Labute approximate surface area is 149 Å². The first-order valence-electron chi connectivity index (χ1n) is 8.44. The maximum Gasteiger partial charge on any atom is 0.498 e. The molecule has 1 saturated heterocycles. The van der Waals surface area contributed by atoms with Crippen LogP contribution in [0.4, 0.5) is 0 Å². The van der Waals surface area contributed by atoms with Crippen LogP contribution in [0.15, 0.2) is 48.5 Å². The second-order valence-electron chi connectivity index (χ2n) is 7.28. The van der Waals surface area contributed by atoms with Crippen LogP contribution in [0, 0.1) is 0 Å². The number of carbonyl (C=O) groups excluding carboxylic acids is 1. The minimum atomic E-state index is -0.531. The molecule has 1 heterocycles. The molecule has 5 heteroatoms. The van der Waals surface area contributed by atoms with E-state index in [0.717, 1.165) is 17.3 Å². The first-order chi connectivity index (χ1) is 11.8. The van der Waals surface area contributed by atoms with Crippen molar-refractivity contribution in [2.24, 2.45) is 0 Å². The van der Waals surface area contributed by atoms with E-state index in [1.807, 2.05) is 64.1 Å². The van der Waals surface area contributed by atoms with Crippen LogP contribution in [0.3, 0.4) is 0 Å². The van der Waals surface area contributed by atoms with E-state index in [9.17, 15) is 4.79 Å². The average Bonchev–Trinajstić information content (AvgIpc) is 2.81. The summed E-state index contributed by atoms with van der Waals surface area (Å²) >= 11 is 0. The van der Waals surface area contributed by atoms with E-state index >= 15 is 0 Å². The van der Waals surface area contributed by atoms with Crippen molar-refractivity contribution in [3.8, 4) is 5.75 Å². The minimum absolute atomic E-state index is 0.412. The molecule has 0 unspecified atom stereocenters. The van der Waals surface area contributed by atoms with Crippen molar-refractivity contribution in [1.82, 2.24) is 0 Å². The maximum atomic E-state index is 11.2. The van der Waals surface area contributed by atoms with Gasteiger partial charge in [0, 0.05) is 11.0 Å². The molecule has 1 fully saturated rings. The Bertz CT molecular complexity index is 740. The topological polar surface area (TPSA) is 44.8 Å². The number of hydrogen-bond donors (Lipinski definition) is 0. The zero-order valence-corrected chi connectivity index (χ0v) is 15.1. The first kappa shape index (κ1) is 17.7. The van der Waals surface area contributed by atoms with E-state index in [4.69, 9.17) is 14.0 Å². The normalized spacial score (nSPS) is 18.2. The van der Waals surface area contributed by atoms with Crippen LogP contribution in [-0.2, 0) is 15.9 Å². The van der Waals surface area contributed by atoms with Crippen LogP contribution < -0.4 is 10.2 Å². The van der Waals surface area contributed by atoms with Gasteiger partial charge in [0.2, 0.25) is 0 Å². The molecule has 4 nitrogen and oxygen atoms in total. The fourth-order valence-corrected chi connectivity index (χ4v) is 2.65. The summed E-state index contributed by atoms with van der Waals surface area (Å²) in [5.41, 5.74) is 1.54. The molecule has 2 aromatic carbocycles. The number of ether oxygens (including phenoxy) is 1. The highest BCUT2D eigenvalue weighted by atomic mass is 16.7. The average molecular weight is 338 g/mol. The van der Waals surface area contributed by atoms with Crippen LogP contribution in [0.5, 0.6) is 5.75 Å². The fourth-order valence-electron chi connectivity index (χ4n) is 2.65. The van der Waals surface area contributed by atoms with Crippen LogP contribution >= 0.6 is 0 Å². The van der Waals surface area contributed by atoms with Crippen LogP contribution in [-0.4, -0.2) is 24.6 Å². The van der Waals surface area contributed by atoms with Gasteiger partial charge in [-0.25, -0.2) is 0 Å². The standard InChI is InChI=1S/C20H23BO4/c1-19(2)20(3,4)25-21(24-19)17-11-10-16(13-22)12-18(17)23-14-15-8-6-5-7-9-15/h5-13H,14H2,1-4H3. The monoisotopic (exact) mass is 338 g/mol. The first-order valence-corrected chi connectivity index (χ1v) is 8.44. The molecule has 1 aliphatic rings. The van der Waals surface area contributed by atoms with Gasteiger partial charge >= 0.3 is 7.12 Å². The molecular formula is C20H23BO4. The maximum absolute atomic E-state index is 11.2. The zero-order chi connectivity index (χ0) is 18.1. The lowest BCUT2D eigenvalue weighted by atomic mass is 9.78. The Hall–Kier alpha value is -2.11. The highest BCUT2D eigenvalue weighted by Gasteiger charge is 2.52. The lowest BCUT2D eigenvalue weighted by molar-refractivity contribution is 0.00578. The van der Waals surface area contributed by atoms with Gasteiger partial charge in [0.15, 0.2) is 0 Å². The van der Waals surface area contributed by atoms with Crippen molar-refractivity contribution < 1.29 is 18.8 Å². The molecule has 0 saturated carbocycles. The van der Waals surface area contributed by atoms with Gasteiger partial charge in [-0.3, -0.25) is 4.79 Å². The van der Waals surface area contributed by atoms with Crippen molar-refractivity contribution in [2.45, 2.75) is 45.5 Å². The highest BCUT2D eigenvalue weighted by molar-refractivity contribution is 6.63. The van der Waals surface area contributed by atoms with Gasteiger partial charge in [-0.15, -0.1) is 0 Å². The van der Waals surface area contributed by atoms with Gasteiger partial charge in [0.1, 0.15) is 18.6 Å². The van der Waals surface area contributed by atoms with Gasteiger partial charge in [-0.05, 0) is 39.3 Å². The predicted molar refractivity (Wildman–Crippen MR) is 98.3 cm³/mol. The molecule has 130 valence electrons. The number of benzene rings is 2. The molecular weight excluding hydrogens is 315 g/mol. The van der Waals surface area contributed by atoms with Gasteiger partial charge < -0.3 is 14.0 Å². The van der Waals surface area contributed by atoms with Crippen LogP contribution in [0.25, 0.3) is 0 Å². The summed E-state index contributed by atoms with van der Waals surface area (Å²) in [7, 11) is -0.531. The van der Waals surface area contributed by atoms with Crippen molar-refractivity contribution in [1.29, 1.82) is 0 Å². The van der Waals surface area contributed by atoms with E-state index in [2.05, 4.69) is 0 Å². The Morgan fingerprint density at radius 1 is 1.00 bits per heavy atom. The van der Waals surface area contributed by atoms with Gasteiger partial charge in [0.25, 0.3) is 0 Å². The van der Waals surface area contributed by atoms with E-state index in [-0.39, 0.29) is 0 Å². The van der Waals surface area contributed by atoms with Crippen molar-refractivity contribution in [2.75, 3.05) is 0 Å². The smallest absolute Gasteiger partial charge is 0.489 e. The summed E-state index contributed by atoms with van der Waals surface area (Å²) in [5, 5.41) is 0. The van der Waals surface area contributed by atoms with Crippen LogP contribution in [0.2, 0.25) is 0 Å². The number of carbonyl (C=O) groups is 1. The summed E-state index contributed by atoms with van der Waals surface area (Å²) in [6.07, 6.45) is 0.809. The molecule has 0 N–H and O–H groups in total. The Balaban J connectivity index is 1.88. The zero-order valence-electron chi connectivity index (χ0n) is 15.1. The van der Waals surface area contributed by atoms with Crippen molar-refractivity contribution in [3.63, 3.8) is 0 Å². The molecule has 0 atom stereocenters. The summed E-state index contributed by atoms with van der Waals surface area (Å²) in [6.45, 7) is 8.46. The number of hydrogen-bond acceptors (Lipinski definition) is 4. The van der Waals surface area contributed by atoms with Crippen molar-refractivity contribution >= 4 is 18.9 Å². The van der Waals surface area contributed by atoms with E-state index in [0.29, 0.717) is 17.9 Å². The number of rotatable bonds is 5. The SMILES string of the molecule is CC1(C)OB(c2ccc(C=O)cc2OCc2ccccc2)OC1(C)C. The fraction of sp³-hybridized carbons (Fsp3) is 0.350. The quantitative estimate of drug-likeness (QED) is 0.619. The van der Waals surface area contributed by atoms with E-state index < -0.39 is 18.3 Å². The van der Waals surface area contributed by atoms with Crippen LogP contribution in [0.1, 0.15) is 43.6 Å². The van der Waals surface area contributed by atoms with Crippen molar-refractivity contribution in [3.05, 3.63) is 59.7 Å². The summed E-state index contributed by atoms with van der Waals surface area (Å²) in [6, 6.07) is 15.2. The van der Waals surface area contributed by atoms with Gasteiger partial charge in [-0.1, -0.05) is 42.5 Å². The second-order valence-corrected chi connectivity index (χ2v) is 7.28. The summed E-state index contributed by atoms with van der Waals surface area (Å²) < 4.78 is 18.2. The third-order valence-corrected chi connectivity index (χ3v) is 4.92. The third-order valence-electron chi connectivity index (χ3n) is 4.92. The minimum Gasteiger partial charge on any atom is -0.489 e. The third kappa shape index (κ3) is 3.62. The second kappa shape index (κ2) is 6.66. The Morgan fingerprint density at radius 3 is 2.24 bits per heavy atom. The summed E-state index contributed by atoms with van der Waals surface area (Å²) in [5.74, 6) is 0.604. The lowest BCUT2D eigenvalue weighted by Gasteiger charge is -2.32. The molecule has 25 heavy (non-hydrogen) atoms. The molecule has 0 bridgehead atoms. The molecule has 2 aromatic rings. The molecule has 3 rings (SSSR count). The van der Waals surface area contributed by atoms with E-state index in [1.165, 1.54) is 0 Å². The summed E-state index contributed by atoms with van der Waals surface area (Å²) in [4.78, 5) is 11.2. The molecule has 1 aliphatic heterocycles. The Morgan fingerprint density at radius 2 is 1.64 bits per heavy atom. The molecule has 0 aliphatic carbocycles. The predicted octanol–water partition coefficient (Wildman–Crippen LogP) is 3.38. The molecule has 0 aromatic heterocycles. The number of aldehydes is 1. The van der Waals surface area contributed by atoms with Gasteiger partial charge in [0.05, 0.1) is 11.2 Å². The molecule has 0 amide bonds. The lowest BCUT2D eigenvalue weighted by Crippen LogP contribution is -2.41. The Kier molecular flexibility index (Phi) is 4.72. The highest BCUT2D eigenvalue weighted by Crippen LogP contribution is 2.37. The molecule has 0 radical (unpaired) electrons.